The van der Waals surface area contributed by atoms with Gasteiger partial charge in [0.2, 0.25) is 5.82 Å². The van der Waals surface area contributed by atoms with Crippen LogP contribution in [0.2, 0.25) is 0 Å². The van der Waals surface area contributed by atoms with Gasteiger partial charge in [0.25, 0.3) is 5.91 Å². The van der Waals surface area contributed by atoms with E-state index in [2.05, 4.69) is 31.3 Å². The van der Waals surface area contributed by atoms with E-state index >= 15 is 0 Å². The van der Waals surface area contributed by atoms with E-state index in [-0.39, 0.29) is 23.1 Å². The number of carbonyl (C=O) groups excluding carboxylic acids is 1. The number of tetrazole rings is 1. The minimum atomic E-state index is -0.388. The maximum Gasteiger partial charge on any atom is 0.257 e. The second kappa shape index (κ2) is 7.67. The number of benzene rings is 2. The van der Waals surface area contributed by atoms with Crippen LogP contribution in [0.25, 0.3) is 5.57 Å². The molecule has 0 saturated carbocycles. The van der Waals surface area contributed by atoms with E-state index in [9.17, 15) is 14.4 Å². The molecule has 0 unspecified atom stereocenters. The molecule has 8 nitrogen and oxygen atoms in total. The average molecular weight is 349 g/mol. The zero-order chi connectivity index (χ0) is 18.4. The van der Waals surface area contributed by atoms with Gasteiger partial charge in [-0.25, -0.2) is 4.39 Å². The van der Waals surface area contributed by atoms with Gasteiger partial charge in [-0.15, -0.1) is 10.2 Å². The van der Waals surface area contributed by atoms with Crippen LogP contribution in [-0.4, -0.2) is 26.5 Å². The van der Waals surface area contributed by atoms with E-state index in [1.165, 1.54) is 30.5 Å². The standard InChI is InChI=1S/C17H12FN7O/c18-12-5-7-13(8-6-12)21-17(26)14-3-1-2-4-15(14)20-10-11(9-19)16-22-24-25-23-16/h1-8,10,20H,(H,21,26)(H,22,23,24,25). The third-order valence-electron chi connectivity index (χ3n) is 3.35. The van der Waals surface area contributed by atoms with Gasteiger partial charge in [0, 0.05) is 11.9 Å². The van der Waals surface area contributed by atoms with Crippen LogP contribution in [-0.2, 0) is 0 Å². The fourth-order valence-corrected chi connectivity index (χ4v) is 2.11. The molecule has 3 rings (SSSR count). The first-order chi connectivity index (χ1) is 12.7. The molecule has 0 aliphatic rings. The molecule has 0 bridgehead atoms. The number of allylic oxidation sites excluding steroid dienone is 1. The third kappa shape index (κ3) is 3.88. The normalized spacial score (nSPS) is 10.8. The second-order valence-electron chi connectivity index (χ2n) is 5.06. The van der Waals surface area contributed by atoms with Crippen molar-refractivity contribution in [3.63, 3.8) is 0 Å². The van der Waals surface area contributed by atoms with Crippen LogP contribution < -0.4 is 10.6 Å². The van der Waals surface area contributed by atoms with Crippen LogP contribution in [0.5, 0.6) is 0 Å². The first-order valence-electron chi connectivity index (χ1n) is 7.44. The molecule has 0 saturated heterocycles. The quantitative estimate of drug-likeness (QED) is 0.609. The van der Waals surface area contributed by atoms with Crippen LogP contribution in [0.3, 0.4) is 0 Å². The summed E-state index contributed by atoms with van der Waals surface area (Å²) in [7, 11) is 0. The van der Waals surface area contributed by atoms with Crippen molar-refractivity contribution in [2.24, 2.45) is 0 Å². The number of amides is 1. The van der Waals surface area contributed by atoms with Gasteiger partial charge in [-0.1, -0.05) is 12.1 Å². The Labute approximate surface area is 147 Å². The Balaban J connectivity index is 1.80. The molecule has 0 fully saturated rings. The number of aromatic nitrogens is 4. The molecule has 2 aromatic carbocycles. The number of halogens is 1. The number of hydrogen-bond donors (Lipinski definition) is 3. The number of nitrogens with one attached hydrogen (secondary N) is 3. The minimum absolute atomic E-state index is 0.133. The van der Waals surface area contributed by atoms with Crippen LogP contribution in [0.4, 0.5) is 15.8 Å². The Morgan fingerprint density at radius 1 is 1.19 bits per heavy atom. The van der Waals surface area contributed by atoms with Crippen molar-refractivity contribution >= 4 is 22.9 Å². The lowest BCUT2D eigenvalue weighted by Gasteiger charge is -2.10. The van der Waals surface area contributed by atoms with Gasteiger partial charge in [0.05, 0.1) is 11.3 Å². The van der Waals surface area contributed by atoms with Crippen molar-refractivity contribution in [2.75, 3.05) is 10.6 Å². The third-order valence-corrected chi connectivity index (χ3v) is 3.35. The summed E-state index contributed by atoms with van der Waals surface area (Å²) in [6, 6.07) is 14.1. The summed E-state index contributed by atoms with van der Waals surface area (Å²) >= 11 is 0. The number of nitriles is 1. The number of aromatic amines is 1. The highest BCUT2D eigenvalue weighted by atomic mass is 19.1. The van der Waals surface area contributed by atoms with Crippen LogP contribution in [0.15, 0.2) is 54.7 Å². The van der Waals surface area contributed by atoms with Crippen LogP contribution >= 0.6 is 0 Å². The lowest BCUT2D eigenvalue weighted by Crippen LogP contribution is -2.13. The lowest BCUT2D eigenvalue weighted by atomic mass is 10.1. The predicted octanol–water partition coefficient (Wildman–Crippen LogP) is 2.57. The van der Waals surface area contributed by atoms with Crippen molar-refractivity contribution in [1.82, 2.24) is 20.6 Å². The Bertz CT molecular complexity index is 975. The molecule has 0 spiro atoms. The van der Waals surface area contributed by atoms with Gasteiger partial charge >= 0.3 is 0 Å². The zero-order valence-corrected chi connectivity index (χ0v) is 13.3. The Morgan fingerprint density at radius 2 is 1.96 bits per heavy atom. The number of para-hydroxylation sites is 1. The number of anilines is 2. The van der Waals surface area contributed by atoms with Crippen molar-refractivity contribution in [3.8, 4) is 6.07 Å². The largest absolute Gasteiger partial charge is 0.360 e. The van der Waals surface area contributed by atoms with Crippen molar-refractivity contribution in [2.45, 2.75) is 0 Å². The SMILES string of the molecule is N#CC(=CNc1ccccc1C(=O)Nc1ccc(F)cc1)c1nn[nH]n1. The van der Waals surface area contributed by atoms with E-state index in [4.69, 9.17) is 0 Å². The summed E-state index contributed by atoms with van der Waals surface area (Å²) in [6.07, 6.45) is 1.38. The monoisotopic (exact) mass is 349 g/mol. The van der Waals surface area contributed by atoms with Crippen molar-refractivity contribution in [3.05, 3.63) is 71.9 Å². The second-order valence-corrected chi connectivity index (χ2v) is 5.06. The molecule has 0 radical (unpaired) electrons. The van der Waals surface area contributed by atoms with E-state index in [1.54, 1.807) is 24.3 Å². The summed E-state index contributed by atoms with van der Waals surface area (Å²) in [5, 5.41) is 27.9. The Hall–Kier alpha value is -4.06. The first-order valence-corrected chi connectivity index (χ1v) is 7.44. The minimum Gasteiger partial charge on any atom is -0.360 e. The average Bonchev–Trinajstić information content (AvgIpc) is 3.19. The van der Waals surface area contributed by atoms with Gasteiger partial charge < -0.3 is 10.6 Å². The molecule has 3 aromatic rings. The lowest BCUT2D eigenvalue weighted by molar-refractivity contribution is 0.102. The molecular weight excluding hydrogens is 337 g/mol. The highest BCUT2D eigenvalue weighted by molar-refractivity contribution is 6.08. The number of H-pyrrole nitrogens is 1. The summed E-state index contributed by atoms with van der Waals surface area (Å²) in [4.78, 5) is 12.5. The Kier molecular flexibility index (Phi) is 4.95. The van der Waals surface area contributed by atoms with Crippen molar-refractivity contribution < 1.29 is 9.18 Å². The zero-order valence-electron chi connectivity index (χ0n) is 13.3. The summed E-state index contributed by atoms with van der Waals surface area (Å²) in [6.45, 7) is 0. The first kappa shape index (κ1) is 16.8. The molecule has 9 heteroatoms. The van der Waals surface area contributed by atoms with E-state index in [0.717, 1.165) is 0 Å². The number of nitrogens with zero attached hydrogens (tertiary/aromatic N) is 4. The number of hydrogen-bond acceptors (Lipinski definition) is 6. The summed E-state index contributed by atoms with van der Waals surface area (Å²) in [5.41, 5.74) is 1.43. The van der Waals surface area contributed by atoms with Gasteiger partial charge in [-0.2, -0.15) is 10.5 Å². The molecular formula is C17H12FN7O. The summed E-state index contributed by atoms with van der Waals surface area (Å²) in [5.74, 6) is -0.639. The van der Waals surface area contributed by atoms with Gasteiger partial charge in [-0.05, 0) is 41.6 Å². The highest BCUT2D eigenvalue weighted by Crippen LogP contribution is 2.19. The maximum atomic E-state index is 13.0. The van der Waals surface area contributed by atoms with Gasteiger partial charge in [0.1, 0.15) is 17.5 Å². The molecule has 1 aromatic heterocycles. The molecule has 3 N–H and O–H groups in total. The number of carbonyl (C=O) groups is 1. The van der Waals surface area contributed by atoms with Crippen LogP contribution in [0, 0.1) is 17.1 Å². The summed E-state index contributed by atoms with van der Waals surface area (Å²) < 4.78 is 13.0. The van der Waals surface area contributed by atoms with E-state index < -0.39 is 0 Å². The molecule has 0 atom stereocenters. The molecule has 0 aliphatic carbocycles. The fourth-order valence-electron chi connectivity index (χ4n) is 2.11. The smallest absolute Gasteiger partial charge is 0.257 e. The van der Waals surface area contributed by atoms with Crippen molar-refractivity contribution in [1.29, 1.82) is 5.26 Å². The molecule has 1 amide bonds. The van der Waals surface area contributed by atoms with Gasteiger partial charge in [0.15, 0.2) is 0 Å². The van der Waals surface area contributed by atoms with Crippen LogP contribution in [0.1, 0.15) is 16.2 Å². The maximum absolute atomic E-state index is 13.0. The molecule has 0 aliphatic heterocycles. The van der Waals surface area contributed by atoms with E-state index in [1.807, 2.05) is 6.07 Å². The predicted molar refractivity (Wildman–Crippen MR) is 92.2 cm³/mol. The number of rotatable bonds is 5. The van der Waals surface area contributed by atoms with E-state index in [0.29, 0.717) is 16.9 Å². The molecule has 1 heterocycles. The van der Waals surface area contributed by atoms with Gasteiger partial charge in [-0.3, -0.25) is 4.79 Å². The molecule has 26 heavy (non-hydrogen) atoms. The topological polar surface area (TPSA) is 119 Å². The highest BCUT2D eigenvalue weighted by Gasteiger charge is 2.12. The fraction of sp³-hybridized carbons (Fsp3) is 0. The Morgan fingerprint density at radius 3 is 2.65 bits per heavy atom. The molecule has 128 valence electrons.